The highest BCUT2D eigenvalue weighted by molar-refractivity contribution is 6.64. The first-order valence-corrected chi connectivity index (χ1v) is 8.09. The van der Waals surface area contributed by atoms with Crippen LogP contribution in [0.3, 0.4) is 0 Å². The normalized spacial score (nSPS) is 10.1. The number of phenols is 3. The third-order valence-corrected chi connectivity index (χ3v) is 3.61. The van der Waals surface area contributed by atoms with E-state index in [2.05, 4.69) is 0 Å². The van der Waals surface area contributed by atoms with Gasteiger partial charge in [0.05, 0.1) is 14.2 Å². The van der Waals surface area contributed by atoms with Gasteiger partial charge in [-0.25, -0.2) is 0 Å². The van der Waals surface area contributed by atoms with Crippen LogP contribution in [0.15, 0.2) is 30.3 Å². The zero-order valence-electron chi connectivity index (χ0n) is 15.5. The lowest BCUT2D eigenvalue weighted by molar-refractivity contribution is -0.145. The Morgan fingerprint density at radius 3 is 1.48 bits per heavy atom. The number of methoxy groups -OCH3 is 2. The van der Waals surface area contributed by atoms with Crippen LogP contribution in [0.5, 0.6) is 40.2 Å². The third kappa shape index (κ3) is 5.51. The van der Waals surface area contributed by atoms with Crippen LogP contribution in [-0.2, 0) is 14.4 Å². The molecule has 0 bridgehead atoms. The Bertz CT molecular complexity index is 889. The van der Waals surface area contributed by atoms with Gasteiger partial charge in [0.25, 0.3) is 5.78 Å². The van der Waals surface area contributed by atoms with Crippen LogP contribution in [0.2, 0.25) is 0 Å². The Balaban J connectivity index is 1.93. The van der Waals surface area contributed by atoms with E-state index in [1.807, 2.05) is 0 Å². The Hall–Kier alpha value is -3.95. The lowest BCUT2D eigenvalue weighted by atomic mass is 10.2. The quantitative estimate of drug-likeness (QED) is 0.296. The average Bonchev–Trinajstić information content (AvgIpc) is 2.72. The minimum atomic E-state index is -1.34. The number of carbonyl (C=O) groups excluding carboxylic acids is 3. The van der Waals surface area contributed by atoms with E-state index in [-0.39, 0.29) is 11.5 Å². The molecule has 2 rings (SSSR count). The van der Waals surface area contributed by atoms with Crippen molar-refractivity contribution in [3.05, 3.63) is 30.3 Å². The minimum Gasteiger partial charge on any atom is -0.504 e. The highest BCUT2D eigenvalue weighted by Gasteiger charge is 2.24. The standard InChI is InChI=1S/C19H18O10/c1-26-10-3-11(27-2)5-12(4-10)28-8-16(22)19(25)17(23)9-29-13-6-14(20)18(24)15(21)7-13/h3-7,20-21,24H,8-9H2,1-2H3. The first kappa shape index (κ1) is 21.4. The summed E-state index contributed by atoms with van der Waals surface area (Å²) in [6, 6.07) is 6.37. The number of hydrogen-bond acceptors (Lipinski definition) is 10. The summed E-state index contributed by atoms with van der Waals surface area (Å²) in [5.74, 6) is -4.91. The van der Waals surface area contributed by atoms with Gasteiger partial charge < -0.3 is 34.3 Å². The molecular formula is C19H18O10. The summed E-state index contributed by atoms with van der Waals surface area (Å²) in [7, 11) is 2.86. The van der Waals surface area contributed by atoms with Gasteiger partial charge in [-0.2, -0.15) is 0 Å². The fraction of sp³-hybridized carbons (Fsp3) is 0.211. The summed E-state index contributed by atoms with van der Waals surface area (Å²) < 4.78 is 20.3. The highest BCUT2D eigenvalue weighted by atomic mass is 16.5. The second-order valence-electron chi connectivity index (χ2n) is 5.61. The van der Waals surface area contributed by atoms with Crippen molar-refractivity contribution >= 4 is 17.3 Å². The van der Waals surface area contributed by atoms with E-state index >= 15 is 0 Å². The lowest BCUT2D eigenvalue weighted by Crippen LogP contribution is -2.32. The number of phenolic OH excluding ortho intramolecular Hbond substituents is 3. The second kappa shape index (κ2) is 9.31. The number of Topliss-reactive ketones (excluding diaryl/α,β-unsaturated/α-hetero) is 3. The molecule has 0 aromatic heterocycles. The van der Waals surface area contributed by atoms with E-state index in [9.17, 15) is 29.7 Å². The first-order valence-electron chi connectivity index (χ1n) is 8.09. The van der Waals surface area contributed by atoms with Crippen LogP contribution >= 0.6 is 0 Å². The maximum absolute atomic E-state index is 11.9. The molecule has 0 atom stereocenters. The minimum absolute atomic E-state index is 0.189. The van der Waals surface area contributed by atoms with Crippen molar-refractivity contribution in [2.75, 3.05) is 27.4 Å². The van der Waals surface area contributed by atoms with Crippen LogP contribution in [0.25, 0.3) is 0 Å². The van der Waals surface area contributed by atoms with Gasteiger partial charge in [-0.1, -0.05) is 0 Å². The Labute approximate surface area is 164 Å². The fourth-order valence-electron chi connectivity index (χ4n) is 2.11. The monoisotopic (exact) mass is 406 g/mol. The van der Waals surface area contributed by atoms with E-state index in [4.69, 9.17) is 18.9 Å². The van der Waals surface area contributed by atoms with Gasteiger partial charge in [0.1, 0.15) is 23.0 Å². The van der Waals surface area contributed by atoms with Crippen molar-refractivity contribution in [2.45, 2.75) is 0 Å². The summed E-state index contributed by atoms with van der Waals surface area (Å²) >= 11 is 0. The van der Waals surface area contributed by atoms with Crippen LogP contribution in [0, 0.1) is 0 Å². The summed E-state index contributed by atoms with van der Waals surface area (Å²) in [5, 5.41) is 28.0. The molecule has 10 nitrogen and oxygen atoms in total. The van der Waals surface area contributed by atoms with Gasteiger partial charge >= 0.3 is 0 Å². The molecule has 0 aliphatic carbocycles. The van der Waals surface area contributed by atoms with Crippen molar-refractivity contribution in [3.63, 3.8) is 0 Å². The summed E-state index contributed by atoms with van der Waals surface area (Å²) in [4.78, 5) is 35.6. The molecule has 154 valence electrons. The van der Waals surface area contributed by atoms with Crippen LogP contribution in [0.4, 0.5) is 0 Å². The van der Waals surface area contributed by atoms with Crippen LogP contribution < -0.4 is 18.9 Å². The number of rotatable bonds is 10. The van der Waals surface area contributed by atoms with Crippen LogP contribution in [0.1, 0.15) is 0 Å². The van der Waals surface area contributed by atoms with Gasteiger partial charge in [-0.3, -0.25) is 14.4 Å². The largest absolute Gasteiger partial charge is 0.504 e. The van der Waals surface area contributed by atoms with Crippen molar-refractivity contribution in [2.24, 2.45) is 0 Å². The zero-order chi connectivity index (χ0) is 21.6. The number of benzene rings is 2. The maximum atomic E-state index is 11.9. The molecule has 0 radical (unpaired) electrons. The van der Waals surface area contributed by atoms with Crippen molar-refractivity contribution in [1.82, 2.24) is 0 Å². The van der Waals surface area contributed by atoms with Gasteiger partial charge in [0.2, 0.25) is 17.3 Å². The first-order chi connectivity index (χ1) is 13.7. The summed E-state index contributed by atoms with van der Waals surface area (Å²) in [6.07, 6.45) is 0. The van der Waals surface area contributed by atoms with Crippen molar-refractivity contribution in [3.8, 4) is 40.2 Å². The number of carbonyl (C=O) groups is 3. The molecule has 2 aromatic carbocycles. The Kier molecular flexibility index (Phi) is 6.85. The molecule has 0 aliphatic heterocycles. The molecule has 0 fully saturated rings. The van der Waals surface area contributed by atoms with Crippen molar-refractivity contribution < 1.29 is 48.7 Å². The summed E-state index contributed by atoms with van der Waals surface area (Å²) in [5.41, 5.74) is 0. The van der Waals surface area contributed by atoms with Gasteiger partial charge in [-0.15, -0.1) is 0 Å². The topological polar surface area (TPSA) is 149 Å². The highest BCUT2D eigenvalue weighted by Crippen LogP contribution is 2.38. The fourth-order valence-corrected chi connectivity index (χ4v) is 2.11. The Morgan fingerprint density at radius 1 is 0.690 bits per heavy atom. The van der Waals surface area contributed by atoms with E-state index in [1.165, 1.54) is 26.4 Å². The molecule has 0 saturated carbocycles. The zero-order valence-corrected chi connectivity index (χ0v) is 15.5. The molecule has 2 aromatic rings. The van der Waals surface area contributed by atoms with E-state index < -0.39 is 47.8 Å². The van der Waals surface area contributed by atoms with Gasteiger partial charge in [-0.05, 0) is 0 Å². The van der Waals surface area contributed by atoms with E-state index in [1.54, 1.807) is 6.07 Å². The number of ketones is 3. The number of aromatic hydroxyl groups is 3. The number of ether oxygens (including phenoxy) is 4. The molecule has 0 aliphatic rings. The third-order valence-electron chi connectivity index (χ3n) is 3.61. The predicted molar refractivity (Wildman–Crippen MR) is 97.0 cm³/mol. The van der Waals surface area contributed by atoms with Gasteiger partial charge in [0, 0.05) is 30.3 Å². The average molecular weight is 406 g/mol. The number of hydrogen-bond donors (Lipinski definition) is 3. The molecule has 0 unspecified atom stereocenters. The lowest BCUT2D eigenvalue weighted by Gasteiger charge is -2.10. The SMILES string of the molecule is COc1cc(OC)cc(OCC(=O)C(=O)C(=O)COc2cc(O)c(O)c(O)c2)c1. The molecule has 29 heavy (non-hydrogen) atoms. The summed E-state index contributed by atoms with van der Waals surface area (Å²) in [6.45, 7) is -1.51. The smallest absolute Gasteiger partial charge is 0.271 e. The maximum Gasteiger partial charge on any atom is 0.271 e. The second-order valence-corrected chi connectivity index (χ2v) is 5.61. The predicted octanol–water partition coefficient (Wildman–Crippen LogP) is 0.986. The van der Waals surface area contributed by atoms with Crippen LogP contribution in [-0.4, -0.2) is 60.1 Å². The molecule has 3 N–H and O–H groups in total. The Morgan fingerprint density at radius 2 is 1.07 bits per heavy atom. The van der Waals surface area contributed by atoms with E-state index in [0.717, 1.165) is 12.1 Å². The molecule has 0 amide bonds. The molecule has 0 spiro atoms. The van der Waals surface area contributed by atoms with Crippen molar-refractivity contribution in [1.29, 1.82) is 0 Å². The van der Waals surface area contributed by atoms with Gasteiger partial charge in [0.15, 0.2) is 24.7 Å². The molecule has 10 heteroatoms. The van der Waals surface area contributed by atoms with E-state index in [0.29, 0.717) is 11.5 Å². The molecule has 0 saturated heterocycles. The molecular weight excluding hydrogens is 388 g/mol. The molecule has 0 heterocycles.